The van der Waals surface area contributed by atoms with Crippen molar-refractivity contribution in [2.24, 2.45) is 0 Å². The average molecular weight is 245 g/mol. The van der Waals surface area contributed by atoms with Crippen LogP contribution in [0.2, 0.25) is 5.02 Å². The fourth-order valence-corrected chi connectivity index (χ4v) is 1.54. The molecule has 1 atom stereocenters. The molecular formula is C12H14ClFO2. The zero-order valence-electron chi connectivity index (χ0n) is 9.30. The number of ketones is 1. The van der Waals surface area contributed by atoms with E-state index in [9.17, 15) is 9.18 Å². The molecule has 0 fully saturated rings. The number of ether oxygens (including phenoxy) is 1. The Morgan fingerprint density at radius 3 is 2.81 bits per heavy atom. The van der Waals surface area contributed by atoms with Gasteiger partial charge in [-0.15, -0.1) is 0 Å². The van der Waals surface area contributed by atoms with Gasteiger partial charge in [0.1, 0.15) is 11.9 Å². The summed E-state index contributed by atoms with van der Waals surface area (Å²) < 4.78 is 18.0. The van der Waals surface area contributed by atoms with Gasteiger partial charge in [0, 0.05) is 13.0 Å². The molecule has 0 bridgehead atoms. The minimum absolute atomic E-state index is 0.0364. The second-order valence-corrected chi connectivity index (χ2v) is 3.90. The molecule has 2 nitrogen and oxygen atoms in total. The topological polar surface area (TPSA) is 26.3 Å². The van der Waals surface area contributed by atoms with E-state index in [-0.39, 0.29) is 17.2 Å². The Balaban J connectivity index is 2.66. The summed E-state index contributed by atoms with van der Waals surface area (Å²) in [5.41, 5.74) is 0.697. The van der Waals surface area contributed by atoms with E-state index in [1.54, 1.807) is 13.0 Å². The van der Waals surface area contributed by atoms with Crippen molar-refractivity contribution in [2.45, 2.75) is 26.4 Å². The Hall–Kier alpha value is -0.930. The number of carbonyl (C=O) groups excluding carboxylic acids is 1. The van der Waals surface area contributed by atoms with Crippen LogP contribution in [-0.2, 0) is 16.0 Å². The highest BCUT2D eigenvalue weighted by Crippen LogP contribution is 2.16. The quantitative estimate of drug-likeness (QED) is 0.796. The van der Waals surface area contributed by atoms with E-state index in [2.05, 4.69) is 0 Å². The Labute approximate surface area is 99.4 Å². The SMILES string of the molecule is CCOC(C)C(=O)Cc1ccc(F)c(Cl)c1. The molecular weight excluding hydrogens is 231 g/mol. The van der Waals surface area contributed by atoms with Crippen molar-refractivity contribution in [3.05, 3.63) is 34.6 Å². The molecule has 1 unspecified atom stereocenters. The smallest absolute Gasteiger partial charge is 0.165 e. The average Bonchev–Trinajstić information content (AvgIpc) is 2.24. The van der Waals surface area contributed by atoms with Gasteiger partial charge in [0.2, 0.25) is 0 Å². The van der Waals surface area contributed by atoms with Gasteiger partial charge >= 0.3 is 0 Å². The van der Waals surface area contributed by atoms with Gasteiger partial charge in [0.05, 0.1) is 5.02 Å². The summed E-state index contributed by atoms with van der Waals surface area (Å²) in [4.78, 5) is 11.6. The van der Waals surface area contributed by atoms with E-state index in [1.165, 1.54) is 12.1 Å². The lowest BCUT2D eigenvalue weighted by Gasteiger charge is -2.10. The predicted molar refractivity (Wildman–Crippen MR) is 61.2 cm³/mol. The molecule has 1 aromatic carbocycles. The van der Waals surface area contributed by atoms with Crippen LogP contribution in [-0.4, -0.2) is 18.5 Å². The van der Waals surface area contributed by atoms with Crippen LogP contribution in [0.25, 0.3) is 0 Å². The lowest BCUT2D eigenvalue weighted by Crippen LogP contribution is -2.22. The van der Waals surface area contributed by atoms with Gasteiger partial charge in [-0.05, 0) is 31.5 Å². The summed E-state index contributed by atoms with van der Waals surface area (Å²) in [6, 6.07) is 4.28. The summed E-state index contributed by atoms with van der Waals surface area (Å²) in [5.74, 6) is -0.514. The van der Waals surface area contributed by atoms with Gasteiger partial charge in [-0.2, -0.15) is 0 Å². The lowest BCUT2D eigenvalue weighted by atomic mass is 10.1. The Morgan fingerprint density at radius 1 is 1.56 bits per heavy atom. The zero-order valence-corrected chi connectivity index (χ0v) is 10.1. The number of rotatable bonds is 5. The highest BCUT2D eigenvalue weighted by molar-refractivity contribution is 6.30. The van der Waals surface area contributed by atoms with Gasteiger partial charge in [-0.1, -0.05) is 17.7 Å². The molecule has 0 saturated heterocycles. The first-order valence-electron chi connectivity index (χ1n) is 5.12. The van der Waals surface area contributed by atoms with Gasteiger partial charge in [0.15, 0.2) is 5.78 Å². The van der Waals surface area contributed by atoms with E-state index in [1.807, 2.05) is 6.92 Å². The van der Waals surface area contributed by atoms with Crippen molar-refractivity contribution < 1.29 is 13.9 Å². The van der Waals surface area contributed by atoms with Crippen molar-refractivity contribution in [3.8, 4) is 0 Å². The Morgan fingerprint density at radius 2 is 2.25 bits per heavy atom. The molecule has 0 heterocycles. The molecule has 0 spiro atoms. The molecule has 1 rings (SSSR count). The molecule has 0 amide bonds. The Bertz CT molecular complexity index is 379. The third kappa shape index (κ3) is 3.58. The zero-order chi connectivity index (χ0) is 12.1. The fraction of sp³-hybridized carbons (Fsp3) is 0.417. The van der Waals surface area contributed by atoms with Crippen LogP contribution in [0.15, 0.2) is 18.2 Å². The molecule has 88 valence electrons. The van der Waals surface area contributed by atoms with Gasteiger partial charge in [-0.3, -0.25) is 4.79 Å². The number of benzene rings is 1. The molecule has 1 aromatic rings. The normalized spacial score (nSPS) is 12.5. The Kier molecular flexibility index (Phi) is 4.90. The highest BCUT2D eigenvalue weighted by atomic mass is 35.5. The minimum Gasteiger partial charge on any atom is -0.371 e. The van der Waals surface area contributed by atoms with Crippen LogP contribution < -0.4 is 0 Å². The predicted octanol–water partition coefficient (Wildman–Crippen LogP) is 3.02. The van der Waals surface area contributed by atoms with Crippen LogP contribution in [0.4, 0.5) is 4.39 Å². The lowest BCUT2D eigenvalue weighted by molar-refractivity contribution is -0.128. The molecule has 0 aliphatic heterocycles. The van der Waals surface area contributed by atoms with Crippen molar-refractivity contribution >= 4 is 17.4 Å². The molecule has 0 aliphatic rings. The van der Waals surface area contributed by atoms with E-state index < -0.39 is 11.9 Å². The van der Waals surface area contributed by atoms with Crippen molar-refractivity contribution in [1.82, 2.24) is 0 Å². The summed E-state index contributed by atoms with van der Waals surface area (Å²) >= 11 is 5.62. The van der Waals surface area contributed by atoms with E-state index in [0.29, 0.717) is 12.2 Å². The summed E-state index contributed by atoms with van der Waals surface area (Å²) in [5, 5.41) is 0.0364. The number of carbonyl (C=O) groups is 1. The third-order valence-electron chi connectivity index (χ3n) is 2.23. The van der Waals surface area contributed by atoms with Crippen LogP contribution in [0.1, 0.15) is 19.4 Å². The molecule has 0 aromatic heterocycles. The van der Waals surface area contributed by atoms with Gasteiger partial charge in [-0.25, -0.2) is 4.39 Å². The van der Waals surface area contributed by atoms with Crippen LogP contribution in [0, 0.1) is 5.82 Å². The maximum atomic E-state index is 12.9. The number of Topliss-reactive ketones (excluding diaryl/α,β-unsaturated/α-hetero) is 1. The molecule has 16 heavy (non-hydrogen) atoms. The highest BCUT2D eigenvalue weighted by Gasteiger charge is 2.13. The van der Waals surface area contributed by atoms with Gasteiger partial charge in [0.25, 0.3) is 0 Å². The monoisotopic (exact) mass is 244 g/mol. The maximum absolute atomic E-state index is 12.9. The van der Waals surface area contributed by atoms with Crippen LogP contribution in [0.5, 0.6) is 0 Å². The fourth-order valence-electron chi connectivity index (χ4n) is 1.34. The molecule has 0 saturated carbocycles. The van der Waals surface area contributed by atoms with Crippen molar-refractivity contribution in [2.75, 3.05) is 6.61 Å². The molecule has 0 N–H and O–H groups in total. The van der Waals surface area contributed by atoms with E-state index >= 15 is 0 Å². The molecule has 4 heteroatoms. The minimum atomic E-state index is -0.476. The summed E-state index contributed by atoms with van der Waals surface area (Å²) in [7, 11) is 0. The van der Waals surface area contributed by atoms with Gasteiger partial charge < -0.3 is 4.74 Å². The third-order valence-corrected chi connectivity index (χ3v) is 2.52. The largest absolute Gasteiger partial charge is 0.371 e. The molecule has 0 aliphatic carbocycles. The standard InChI is InChI=1S/C12H14ClFO2/c1-3-16-8(2)12(15)7-9-4-5-11(14)10(13)6-9/h4-6,8H,3,7H2,1-2H3. The number of halogens is 2. The molecule has 0 radical (unpaired) electrons. The van der Waals surface area contributed by atoms with Crippen molar-refractivity contribution in [3.63, 3.8) is 0 Å². The first-order valence-corrected chi connectivity index (χ1v) is 5.50. The second-order valence-electron chi connectivity index (χ2n) is 3.49. The number of hydrogen-bond donors (Lipinski definition) is 0. The summed E-state index contributed by atoms with van der Waals surface area (Å²) in [6.07, 6.45) is -0.227. The van der Waals surface area contributed by atoms with Crippen LogP contribution in [0.3, 0.4) is 0 Å². The maximum Gasteiger partial charge on any atom is 0.165 e. The van der Waals surface area contributed by atoms with Crippen molar-refractivity contribution in [1.29, 1.82) is 0 Å². The number of hydrogen-bond acceptors (Lipinski definition) is 2. The van der Waals surface area contributed by atoms with E-state index in [4.69, 9.17) is 16.3 Å². The first-order chi connectivity index (χ1) is 7.54. The van der Waals surface area contributed by atoms with E-state index in [0.717, 1.165) is 0 Å². The summed E-state index contributed by atoms with van der Waals surface area (Å²) in [6.45, 7) is 4.03. The first kappa shape index (κ1) is 13.1. The van der Waals surface area contributed by atoms with Crippen LogP contribution >= 0.6 is 11.6 Å². The second kappa shape index (κ2) is 5.97.